The standard InChI is InChI=1S/C24H28N2O4S/c1-4-30-21-12-16(10-11-20(21)29-2)19(14-31-3)26-13-17-6-5-7-18(22(17)24(26)28)25-23(27)15-8-9-15/h5-7,10-12,15,19H,4,8-9,13-14H2,1-3H3,(H,25,27)/t19-/m1/s1. The number of fused-ring (bicyclic) bond motifs is 1. The van der Waals surface area contributed by atoms with Crippen molar-refractivity contribution < 1.29 is 19.1 Å². The molecule has 1 N–H and O–H groups in total. The van der Waals surface area contributed by atoms with Crippen LogP contribution in [-0.4, -0.2) is 42.4 Å². The maximum atomic E-state index is 13.5. The number of amides is 2. The number of anilines is 1. The average molecular weight is 441 g/mol. The molecule has 0 radical (unpaired) electrons. The Kier molecular flexibility index (Phi) is 6.41. The molecular formula is C24H28N2O4S. The Balaban J connectivity index is 1.64. The maximum Gasteiger partial charge on any atom is 0.257 e. The van der Waals surface area contributed by atoms with Crippen LogP contribution >= 0.6 is 11.8 Å². The zero-order chi connectivity index (χ0) is 22.0. The summed E-state index contributed by atoms with van der Waals surface area (Å²) in [7, 11) is 1.62. The first-order chi connectivity index (χ1) is 15.1. The van der Waals surface area contributed by atoms with Crippen LogP contribution in [0, 0.1) is 5.92 Å². The van der Waals surface area contributed by atoms with Crippen LogP contribution in [0.25, 0.3) is 0 Å². The van der Waals surface area contributed by atoms with E-state index in [1.807, 2.05) is 54.5 Å². The molecule has 0 aromatic heterocycles. The Labute approximate surface area is 187 Å². The summed E-state index contributed by atoms with van der Waals surface area (Å²) in [6.07, 6.45) is 3.89. The van der Waals surface area contributed by atoms with Crippen LogP contribution in [0.1, 0.15) is 47.3 Å². The fourth-order valence-corrected chi connectivity index (χ4v) is 4.70. The van der Waals surface area contributed by atoms with Crippen molar-refractivity contribution in [1.29, 1.82) is 0 Å². The number of methoxy groups -OCH3 is 1. The summed E-state index contributed by atoms with van der Waals surface area (Å²) >= 11 is 1.69. The SMILES string of the molecule is CCOc1cc([C@@H](CSC)N2Cc3cccc(NC(=O)C4CC4)c3C2=O)ccc1OC. The molecule has 0 spiro atoms. The first kappa shape index (κ1) is 21.6. The molecule has 6 nitrogen and oxygen atoms in total. The lowest BCUT2D eigenvalue weighted by atomic mass is 10.1. The van der Waals surface area contributed by atoms with E-state index in [0.29, 0.717) is 35.9 Å². The van der Waals surface area contributed by atoms with E-state index in [1.54, 1.807) is 18.9 Å². The van der Waals surface area contributed by atoms with Crippen LogP contribution in [0.4, 0.5) is 5.69 Å². The van der Waals surface area contributed by atoms with E-state index >= 15 is 0 Å². The van der Waals surface area contributed by atoms with Crippen molar-refractivity contribution in [3.63, 3.8) is 0 Å². The van der Waals surface area contributed by atoms with Gasteiger partial charge in [0, 0.05) is 18.2 Å². The summed E-state index contributed by atoms with van der Waals surface area (Å²) in [5, 5.41) is 2.98. The molecule has 4 rings (SSSR count). The Morgan fingerprint density at radius 2 is 2.06 bits per heavy atom. The van der Waals surface area contributed by atoms with Gasteiger partial charge in [0.1, 0.15) is 0 Å². The average Bonchev–Trinajstić information content (AvgIpc) is 3.57. The Morgan fingerprint density at radius 1 is 1.26 bits per heavy atom. The largest absolute Gasteiger partial charge is 0.493 e. The molecule has 1 heterocycles. The molecule has 2 aromatic carbocycles. The summed E-state index contributed by atoms with van der Waals surface area (Å²) in [5.74, 6) is 2.15. The molecule has 164 valence electrons. The van der Waals surface area contributed by atoms with Gasteiger partial charge in [-0.3, -0.25) is 9.59 Å². The van der Waals surface area contributed by atoms with E-state index < -0.39 is 0 Å². The smallest absolute Gasteiger partial charge is 0.257 e. The van der Waals surface area contributed by atoms with Crippen molar-refractivity contribution in [2.45, 2.75) is 32.4 Å². The zero-order valence-electron chi connectivity index (χ0n) is 18.1. The van der Waals surface area contributed by atoms with Gasteiger partial charge in [-0.15, -0.1) is 0 Å². The summed E-state index contributed by atoms with van der Waals surface area (Å²) in [6, 6.07) is 11.4. The number of rotatable bonds is 9. The van der Waals surface area contributed by atoms with Gasteiger partial charge in [0.25, 0.3) is 5.91 Å². The maximum absolute atomic E-state index is 13.5. The molecule has 7 heteroatoms. The van der Waals surface area contributed by atoms with Gasteiger partial charge >= 0.3 is 0 Å². The molecule has 0 unspecified atom stereocenters. The van der Waals surface area contributed by atoms with Gasteiger partial charge in [-0.05, 0) is 55.3 Å². The normalized spacial score (nSPS) is 16.1. The lowest BCUT2D eigenvalue weighted by Gasteiger charge is -2.28. The molecular weight excluding hydrogens is 412 g/mol. The number of hydrogen-bond donors (Lipinski definition) is 1. The minimum atomic E-state index is -0.119. The summed E-state index contributed by atoms with van der Waals surface area (Å²) in [4.78, 5) is 27.7. The van der Waals surface area contributed by atoms with Crippen LogP contribution in [0.15, 0.2) is 36.4 Å². The summed E-state index contributed by atoms with van der Waals surface area (Å²) < 4.78 is 11.2. The first-order valence-electron chi connectivity index (χ1n) is 10.6. The van der Waals surface area contributed by atoms with Crippen LogP contribution in [-0.2, 0) is 11.3 Å². The van der Waals surface area contributed by atoms with Crippen LogP contribution in [0.3, 0.4) is 0 Å². The third-order valence-electron chi connectivity index (χ3n) is 5.75. The van der Waals surface area contributed by atoms with Crippen molar-refractivity contribution in [2.75, 3.05) is 31.0 Å². The highest BCUT2D eigenvalue weighted by molar-refractivity contribution is 7.98. The number of hydrogen-bond acceptors (Lipinski definition) is 5. The monoisotopic (exact) mass is 440 g/mol. The Hall–Kier alpha value is -2.67. The van der Waals surface area contributed by atoms with Crippen molar-refractivity contribution >= 4 is 29.3 Å². The van der Waals surface area contributed by atoms with Crippen LogP contribution in [0.2, 0.25) is 0 Å². The van der Waals surface area contributed by atoms with Gasteiger partial charge < -0.3 is 19.7 Å². The highest BCUT2D eigenvalue weighted by Crippen LogP contribution is 2.39. The van der Waals surface area contributed by atoms with Crippen LogP contribution < -0.4 is 14.8 Å². The van der Waals surface area contributed by atoms with Crippen molar-refractivity contribution in [3.05, 3.63) is 53.1 Å². The lowest BCUT2D eigenvalue weighted by molar-refractivity contribution is -0.117. The molecule has 1 atom stereocenters. The zero-order valence-corrected chi connectivity index (χ0v) is 19.0. The van der Waals surface area contributed by atoms with E-state index in [9.17, 15) is 9.59 Å². The van der Waals surface area contributed by atoms with Crippen molar-refractivity contribution in [2.24, 2.45) is 5.92 Å². The van der Waals surface area contributed by atoms with Gasteiger partial charge in [0.15, 0.2) is 11.5 Å². The third kappa shape index (κ3) is 4.37. The topological polar surface area (TPSA) is 67.9 Å². The van der Waals surface area contributed by atoms with E-state index in [1.165, 1.54) is 0 Å². The number of benzene rings is 2. The molecule has 1 fully saturated rings. The van der Waals surface area contributed by atoms with Crippen molar-refractivity contribution in [3.8, 4) is 11.5 Å². The second-order valence-corrected chi connectivity index (χ2v) is 8.76. The number of carbonyl (C=O) groups is 2. The molecule has 1 aliphatic heterocycles. The molecule has 0 saturated heterocycles. The molecule has 2 amide bonds. The molecule has 2 aliphatic rings. The molecule has 2 aromatic rings. The lowest BCUT2D eigenvalue weighted by Crippen LogP contribution is -2.31. The second-order valence-electron chi connectivity index (χ2n) is 7.85. The van der Waals surface area contributed by atoms with E-state index in [0.717, 1.165) is 29.7 Å². The molecule has 0 bridgehead atoms. The Morgan fingerprint density at radius 3 is 2.74 bits per heavy atom. The number of ether oxygens (including phenoxy) is 2. The predicted molar refractivity (Wildman–Crippen MR) is 123 cm³/mol. The van der Waals surface area contributed by atoms with Gasteiger partial charge in [0.2, 0.25) is 5.91 Å². The van der Waals surface area contributed by atoms with E-state index in [-0.39, 0.29) is 23.8 Å². The van der Waals surface area contributed by atoms with E-state index in [2.05, 4.69) is 5.32 Å². The fourth-order valence-electron chi connectivity index (χ4n) is 4.01. The number of carbonyl (C=O) groups excluding carboxylic acids is 2. The highest BCUT2D eigenvalue weighted by atomic mass is 32.2. The molecule has 1 aliphatic carbocycles. The molecule has 31 heavy (non-hydrogen) atoms. The predicted octanol–water partition coefficient (Wildman–Crippen LogP) is 4.50. The minimum absolute atomic E-state index is 0.0109. The quantitative estimate of drug-likeness (QED) is 0.622. The highest BCUT2D eigenvalue weighted by Gasteiger charge is 2.37. The van der Waals surface area contributed by atoms with Crippen molar-refractivity contribution in [1.82, 2.24) is 4.90 Å². The summed E-state index contributed by atoms with van der Waals surface area (Å²) in [6.45, 7) is 2.98. The summed E-state index contributed by atoms with van der Waals surface area (Å²) in [5.41, 5.74) is 3.18. The number of nitrogens with zero attached hydrogens (tertiary/aromatic N) is 1. The number of nitrogens with one attached hydrogen (secondary N) is 1. The Bertz CT molecular complexity index is 990. The third-order valence-corrected chi connectivity index (χ3v) is 6.39. The van der Waals surface area contributed by atoms with E-state index in [4.69, 9.17) is 9.47 Å². The van der Waals surface area contributed by atoms with Gasteiger partial charge in [-0.2, -0.15) is 11.8 Å². The minimum Gasteiger partial charge on any atom is -0.493 e. The van der Waals surface area contributed by atoms with Gasteiger partial charge in [0.05, 0.1) is 31.0 Å². The second kappa shape index (κ2) is 9.22. The number of thioether (sulfide) groups is 1. The fraction of sp³-hybridized carbons (Fsp3) is 0.417. The molecule has 1 saturated carbocycles. The van der Waals surface area contributed by atoms with Gasteiger partial charge in [-0.1, -0.05) is 18.2 Å². The van der Waals surface area contributed by atoms with Crippen LogP contribution in [0.5, 0.6) is 11.5 Å². The first-order valence-corrected chi connectivity index (χ1v) is 12.0. The van der Waals surface area contributed by atoms with Gasteiger partial charge in [-0.25, -0.2) is 0 Å².